The quantitative estimate of drug-likeness (QED) is 0.324. The summed E-state index contributed by atoms with van der Waals surface area (Å²) in [5, 5.41) is 12.4. The van der Waals surface area contributed by atoms with Gasteiger partial charge in [-0.3, -0.25) is 4.79 Å². The summed E-state index contributed by atoms with van der Waals surface area (Å²) < 4.78 is 13.0. The molecule has 2 heterocycles. The average Bonchev–Trinajstić information content (AvgIpc) is 3.35. The molecule has 0 bridgehead atoms. The zero-order chi connectivity index (χ0) is 24.0. The lowest BCUT2D eigenvalue weighted by Gasteiger charge is -2.11. The number of hydrogen-bond acceptors (Lipinski definition) is 8. The zero-order valence-corrected chi connectivity index (χ0v) is 21.1. The highest BCUT2D eigenvalue weighted by molar-refractivity contribution is 7.99. The number of thiophene rings is 1. The SMILES string of the molecule is CCOC(=O)c1cc(C)sc1NC(=O)CSc1nnc(COc2cc(C)ccc2C)n1CC. The third-order valence-electron chi connectivity index (χ3n) is 4.75. The van der Waals surface area contributed by atoms with Gasteiger partial charge in [0.2, 0.25) is 5.91 Å². The van der Waals surface area contributed by atoms with Crippen molar-refractivity contribution in [3.8, 4) is 5.75 Å². The molecule has 0 aliphatic carbocycles. The Hall–Kier alpha value is -2.85. The van der Waals surface area contributed by atoms with Gasteiger partial charge in [-0.05, 0) is 57.9 Å². The molecule has 0 spiro atoms. The number of aromatic nitrogens is 3. The molecule has 176 valence electrons. The van der Waals surface area contributed by atoms with Gasteiger partial charge < -0.3 is 19.4 Å². The monoisotopic (exact) mass is 488 g/mol. The fraction of sp³-hybridized carbons (Fsp3) is 0.391. The number of hydrogen-bond donors (Lipinski definition) is 1. The van der Waals surface area contributed by atoms with E-state index in [1.807, 2.05) is 50.5 Å². The Morgan fingerprint density at radius 2 is 1.94 bits per heavy atom. The van der Waals surface area contributed by atoms with Crippen LogP contribution in [0.3, 0.4) is 0 Å². The number of anilines is 1. The molecule has 1 N–H and O–H groups in total. The van der Waals surface area contributed by atoms with Crippen molar-refractivity contribution >= 4 is 40.0 Å². The predicted molar refractivity (Wildman–Crippen MR) is 130 cm³/mol. The van der Waals surface area contributed by atoms with E-state index in [0.29, 0.717) is 28.1 Å². The highest BCUT2D eigenvalue weighted by Crippen LogP contribution is 2.29. The van der Waals surface area contributed by atoms with Crippen molar-refractivity contribution in [1.82, 2.24) is 14.8 Å². The van der Waals surface area contributed by atoms with Crippen LogP contribution in [0.2, 0.25) is 0 Å². The minimum Gasteiger partial charge on any atom is -0.485 e. The second-order valence-corrected chi connectivity index (χ2v) is 9.56. The highest BCUT2D eigenvalue weighted by atomic mass is 32.2. The van der Waals surface area contributed by atoms with E-state index in [2.05, 4.69) is 15.5 Å². The van der Waals surface area contributed by atoms with Gasteiger partial charge in [-0.1, -0.05) is 23.9 Å². The van der Waals surface area contributed by atoms with Gasteiger partial charge in [-0.15, -0.1) is 21.5 Å². The molecular formula is C23H28N4O4S2. The van der Waals surface area contributed by atoms with Crippen LogP contribution in [0.25, 0.3) is 0 Å². The lowest BCUT2D eigenvalue weighted by molar-refractivity contribution is -0.113. The number of amides is 1. The van der Waals surface area contributed by atoms with Crippen LogP contribution >= 0.6 is 23.1 Å². The Morgan fingerprint density at radius 3 is 2.67 bits per heavy atom. The first-order valence-corrected chi connectivity index (χ1v) is 12.4. The summed E-state index contributed by atoms with van der Waals surface area (Å²) in [4.78, 5) is 25.6. The maximum atomic E-state index is 12.6. The average molecular weight is 489 g/mol. The van der Waals surface area contributed by atoms with Crippen LogP contribution in [-0.4, -0.2) is 39.0 Å². The first-order valence-electron chi connectivity index (χ1n) is 10.6. The molecule has 1 amide bonds. The minimum atomic E-state index is -0.441. The van der Waals surface area contributed by atoms with E-state index in [0.717, 1.165) is 21.8 Å². The summed E-state index contributed by atoms with van der Waals surface area (Å²) in [6.07, 6.45) is 0. The maximum absolute atomic E-state index is 12.6. The molecule has 33 heavy (non-hydrogen) atoms. The number of thioether (sulfide) groups is 1. The van der Waals surface area contributed by atoms with Gasteiger partial charge in [0.05, 0.1) is 17.9 Å². The Balaban J connectivity index is 1.62. The molecular weight excluding hydrogens is 460 g/mol. The Bertz CT molecular complexity index is 1140. The van der Waals surface area contributed by atoms with E-state index in [1.54, 1.807) is 13.0 Å². The van der Waals surface area contributed by atoms with Crippen LogP contribution in [0.5, 0.6) is 5.75 Å². The number of ether oxygens (including phenoxy) is 2. The lowest BCUT2D eigenvalue weighted by atomic mass is 10.1. The largest absolute Gasteiger partial charge is 0.485 e. The molecule has 0 saturated carbocycles. The van der Waals surface area contributed by atoms with Crippen molar-refractivity contribution in [1.29, 1.82) is 0 Å². The molecule has 10 heteroatoms. The van der Waals surface area contributed by atoms with Gasteiger partial charge >= 0.3 is 5.97 Å². The Kier molecular flexibility index (Phi) is 8.51. The number of esters is 1. The Morgan fingerprint density at radius 1 is 1.15 bits per heavy atom. The summed E-state index contributed by atoms with van der Waals surface area (Å²) in [6, 6.07) is 7.79. The molecule has 0 aliphatic heterocycles. The van der Waals surface area contributed by atoms with Gasteiger partial charge in [-0.25, -0.2) is 4.79 Å². The van der Waals surface area contributed by atoms with Gasteiger partial charge in [0, 0.05) is 11.4 Å². The number of nitrogens with zero attached hydrogens (tertiary/aromatic N) is 3. The highest BCUT2D eigenvalue weighted by Gasteiger charge is 2.19. The summed E-state index contributed by atoms with van der Waals surface area (Å²) >= 11 is 2.63. The van der Waals surface area contributed by atoms with E-state index < -0.39 is 5.97 Å². The summed E-state index contributed by atoms with van der Waals surface area (Å²) in [5.41, 5.74) is 2.56. The number of carbonyl (C=O) groups is 2. The molecule has 0 aliphatic rings. The summed E-state index contributed by atoms with van der Waals surface area (Å²) in [6.45, 7) is 10.9. The van der Waals surface area contributed by atoms with Gasteiger partial charge in [0.15, 0.2) is 11.0 Å². The van der Waals surface area contributed by atoms with E-state index >= 15 is 0 Å². The number of nitrogens with one attached hydrogen (secondary N) is 1. The summed E-state index contributed by atoms with van der Waals surface area (Å²) in [7, 11) is 0. The fourth-order valence-electron chi connectivity index (χ4n) is 3.12. The van der Waals surface area contributed by atoms with Crippen LogP contribution in [0, 0.1) is 20.8 Å². The van der Waals surface area contributed by atoms with Crippen LogP contribution in [0.1, 0.15) is 46.0 Å². The van der Waals surface area contributed by atoms with E-state index in [-0.39, 0.29) is 24.9 Å². The second-order valence-electron chi connectivity index (χ2n) is 7.36. The standard InChI is InChI=1S/C23H28N4O4S2/c1-6-27-19(12-31-18-10-14(3)8-9-15(18)4)25-26-23(27)32-13-20(28)24-21-17(11-16(5)33-21)22(29)30-7-2/h8-11H,6-7,12-13H2,1-5H3,(H,24,28). The van der Waals surface area contributed by atoms with Crippen molar-refractivity contribution in [3.05, 3.63) is 51.7 Å². The van der Waals surface area contributed by atoms with E-state index in [9.17, 15) is 9.59 Å². The lowest BCUT2D eigenvalue weighted by Crippen LogP contribution is -2.16. The molecule has 0 fully saturated rings. The number of aryl methyl sites for hydroxylation is 3. The first kappa shape index (κ1) is 24.8. The van der Waals surface area contributed by atoms with Crippen LogP contribution in [-0.2, 0) is 22.7 Å². The maximum Gasteiger partial charge on any atom is 0.341 e. The molecule has 0 saturated heterocycles. The second kappa shape index (κ2) is 11.3. The van der Waals surface area contributed by atoms with Gasteiger partial charge in [-0.2, -0.15) is 0 Å². The van der Waals surface area contributed by atoms with Crippen molar-refractivity contribution in [2.75, 3.05) is 17.7 Å². The molecule has 8 nitrogen and oxygen atoms in total. The third kappa shape index (κ3) is 6.35. The van der Waals surface area contributed by atoms with Crippen molar-refractivity contribution in [3.63, 3.8) is 0 Å². The fourth-order valence-corrected chi connectivity index (χ4v) is 4.85. The Labute approximate surface area is 201 Å². The number of rotatable bonds is 10. The molecule has 0 unspecified atom stereocenters. The van der Waals surface area contributed by atoms with Crippen LogP contribution < -0.4 is 10.1 Å². The van der Waals surface area contributed by atoms with Crippen LogP contribution in [0.4, 0.5) is 5.00 Å². The van der Waals surface area contributed by atoms with E-state index in [1.165, 1.54) is 23.1 Å². The van der Waals surface area contributed by atoms with Gasteiger partial charge in [0.25, 0.3) is 0 Å². The molecule has 1 aromatic carbocycles. The number of carbonyl (C=O) groups excluding carboxylic acids is 2. The predicted octanol–water partition coefficient (Wildman–Crippen LogP) is 4.77. The molecule has 0 radical (unpaired) electrons. The summed E-state index contributed by atoms with van der Waals surface area (Å²) in [5.74, 6) is 0.975. The van der Waals surface area contributed by atoms with Crippen molar-refractivity contribution in [2.24, 2.45) is 0 Å². The van der Waals surface area contributed by atoms with Crippen molar-refractivity contribution < 1.29 is 19.1 Å². The smallest absolute Gasteiger partial charge is 0.341 e. The van der Waals surface area contributed by atoms with Crippen LogP contribution in [0.15, 0.2) is 29.4 Å². The molecule has 3 aromatic rings. The molecule has 3 rings (SSSR count). The zero-order valence-electron chi connectivity index (χ0n) is 19.4. The molecule has 2 aromatic heterocycles. The third-order valence-corrected chi connectivity index (χ3v) is 6.68. The molecule has 0 atom stereocenters. The van der Waals surface area contributed by atoms with E-state index in [4.69, 9.17) is 9.47 Å². The topological polar surface area (TPSA) is 95.3 Å². The van der Waals surface area contributed by atoms with Crippen molar-refractivity contribution in [2.45, 2.75) is 52.9 Å². The van der Waals surface area contributed by atoms with Gasteiger partial charge in [0.1, 0.15) is 17.4 Å². The minimum absolute atomic E-state index is 0.134. The normalized spacial score (nSPS) is 10.8. The first-order chi connectivity index (χ1) is 15.8. The number of benzene rings is 1.